The predicted octanol–water partition coefficient (Wildman–Crippen LogP) is 1.37. The third kappa shape index (κ3) is 2.32. The maximum absolute atomic E-state index is 5.19. The van der Waals surface area contributed by atoms with Crippen LogP contribution in [0.5, 0.6) is 0 Å². The highest BCUT2D eigenvalue weighted by molar-refractivity contribution is 6.47. The lowest BCUT2D eigenvalue weighted by Gasteiger charge is -2.03. The monoisotopic (exact) mass is 191 g/mol. The minimum atomic E-state index is 0.637. The van der Waals surface area contributed by atoms with E-state index in [0.717, 1.165) is 5.56 Å². The molecule has 1 aromatic carbocycles. The highest BCUT2D eigenvalue weighted by Gasteiger charge is 2.07. The summed E-state index contributed by atoms with van der Waals surface area (Å²) >= 11 is 0. The molecule has 0 saturated heterocycles. The molecule has 14 heavy (non-hydrogen) atoms. The molecule has 0 unspecified atom stereocenters. The van der Waals surface area contributed by atoms with E-state index in [1.807, 2.05) is 30.3 Å². The summed E-state index contributed by atoms with van der Waals surface area (Å²) in [5.41, 5.74) is 2.22. The zero-order valence-corrected chi connectivity index (χ0v) is 8.27. The van der Waals surface area contributed by atoms with Crippen LogP contribution in [-0.4, -0.2) is 18.5 Å². The molecule has 1 aromatic rings. The van der Waals surface area contributed by atoms with Crippen LogP contribution in [0.25, 0.3) is 0 Å². The van der Waals surface area contributed by atoms with Crippen molar-refractivity contribution in [3.05, 3.63) is 35.9 Å². The summed E-state index contributed by atoms with van der Waals surface area (Å²) in [6, 6.07) is 9.62. The number of nitrogens with zero attached hydrogens (tertiary/aromatic N) is 2. The SMILES string of the molecule is CO/N=C(/C(C)=NN)c1ccccc1. The third-order valence-electron chi connectivity index (χ3n) is 1.77. The lowest BCUT2D eigenvalue weighted by Crippen LogP contribution is -2.14. The summed E-state index contributed by atoms with van der Waals surface area (Å²) < 4.78 is 0. The summed E-state index contributed by atoms with van der Waals surface area (Å²) in [4.78, 5) is 4.73. The Labute approximate surface area is 83.1 Å². The molecule has 0 saturated carbocycles. The fraction of sp³-hybridized carbons (Fsp3) is 0.200. The molecule has 0 amide bonds. The van der Waals surface area contributed by atoms with Gasteiger partial charge < -0.3 is 10.7 Å². The van der Waals surface area contributed by atoms with Gasteiger partial charge in [0.15, 0.2) is 0 Å². The molecular formula is C10H13N3O. The van der Waals surface area contributed by atoms with Crippen LogP contribution in [0.15, 0.2) is 40.6 Å². The van der Waals surface area contributed by atoms with E-state index in [9.17, 15) is 0 Å². The minimum Gasteiger partial charge on any atom is -0.399 e. The van der Waals surface area contributed by atoms with Gasteiger partial charge in [-0.3, -0.25) is 0 Å². The highest BCUT2D eigenvalue weighted by Crippen LogP contribution is 2.03. The maximum Gasteiger partial charge on any atom is 0.132 e. The number of benzene rings is 1. The Morgan fingerprint density at radius 2 is 1.93 bits per heavy atom. The van der Waals surface area contributed by atoms with Crippen molar-refractivity contribution in [2.45, 2.75) is 6.92 Å². The molecule has 4 heteroatoms. The van der Waals surface area contributed by atoms with E-state index in [1.165, 1.54) is 7.11 Å². The number of hydrogen-bond donors (Lipinski definition) is 1. The predicted molar refractivity (Wildman–Crippen MR) is 57.3 cm³/mol. The van der Waals surface area contributed by atoms with Crippen molar-refractivity contribution < 1.29 is 4.84 Å². The Bertz CT molecular complexity index is 344. The Morgan fingerprint density at radius 1 is 1.29 bits per heavy atom. The van der Waals surface area contributed by atoms with E-state index in [-0.39, 0.29) is 0 Å². The van der Waals surface area contributed by atoms with Crippen molar-refractivity contribution in [3.63, 3.8) is 0 Å². The van der Waals surface area contributed by atoms with Crippen LogP contribution in [0.3, 0.4) is 0 Å². The normalized spacial score (nSPS) is 12.7. The van der Waals surface area contributed by atoms with E-state index < -0.39 is 0 Å². The second-order valence-electron chi connectivity index (χ2n) is 2.70. The Morgan fingerprint density at radius 3 is 2.43 bits per heavy atom. The molecule has 0 heterocycles. The number of hydrogen-bond acceptors (Lipinski definition) is 4. The summed E-state index contributed by atoms with van der Waals surface area (Å²) in [5.74, 6) is 5.19. The number of nitrogens with two attached hydrogens (primary N) is 1. The summed E-state index contributed by atoms with van der Waals surface area (Å²) in [6.45, 7) is 1.78. The largest absolute Gasteiger partial charge is 0.399 e. The summed E-state index contributed by atoms with van der Waals surface area (Å²) in [7, 11) is 1.49. The van der Waals surface area contributed by atoms with Crippen molar-refractivity contribution in [2.75, 3.05) is 7.11 Å². The fourth-order valence-corrected chi connectivity index (χ4v) is 1.08. The molecule has 74 valence electrons. The molecule has 2 N–H and O–H groups in total. The molecule has 0 aliphatic heterocycles. The van der Waals surface area contributed by atoms with E-state index in [0.29, 0.717) is 11.4 Å². The molecule has 0 fully saturated rings. The van der Waals surface area contributed by atoms with Crippen molar-refractivity contribution in [1.29, 1.82) is 0 Å². The molecule has 1 rings (SSSR count). The van der Waals surface area contributed by atoms with Crippen molar-refractivity contribution in [2.24, 2.45) is 16.1 Å². The van der Waals surface area contributed by atoms with Crippen LogP contribution in [-0.2, 0) is 4.84 Å². The van der Waals surface area contributed by atoms with Crippen LogP contribution < -0.4 is 5.84 Å². The topological polar surface area (TPSA) is 60.0 Å². The van der Waals surface area contributed by atoms with Gasteiger partial charge in [0.2, 0.25) is 0 Å². The molecule has 0 atom stereocenters. The van der Waals surface area contributed by atoms with Gasteiger partial charge >= 0.3 is 0 Å². The zero-order chi connectivity index (χ0) is 10.4. The molecule has 4 nitrogen and oxygen atoms in total. The summed E-state index contributed by atoms with van der Waals surface area (Å²) in [5, 5.41) is 7.46. The number of hydrazone groups is 1. The van der Waals surface area contributed by atoms with Crippen LogP contribution in [0.4, 0.5) is 0 Å². The smallest absolute Gasteiger partial charge is 0.132 e. The standard InChI is InChI=1S/C10H13N3O/c1-8(12-11)10(13-14-2)9-6-4-3-5-7-9/h3-7H,11H2,1-2H3/b12-8?,13-10-. The van der Waals surface area contributed by atoms with Crippen LogP contribution >= 0.6 is 0 Å². The van der Waals surface area contributed by atoms with E-state index in [1.54, 1.807) is 6.92 Å². The molecule has 0 aliphatic rings. The number of rotatable bonds is 3. The van der Waals surface area contributed by atoms with Gasteiger partial charge in [0, 0.05) is 5.56 Å². The second-order valence-corrected chi connectivity index (χ2v) is 2.70. The van der Waals surface area contributed by atoms with Gasteiger partial charge in [-0.05, 0) is 6.92 Å². The molecule has 0 spiro atoms. The van der Waals surface area contributed by atoms with Gasteiger partial charge in [-0.2, -0.15) is 5.10 Å². The lowest BCUT2D eigenvalue weighted by molar-refractivity contribution is 0.214. The zero-order valence-electron chi connectivity index (χ0n) is 8.27. The first-order chi connectivity index (χ1) is 6.79. The van der Waals surface area contributed by atoms with Gasteiger partial charge in [0.05, 0.1) is 5.71 Å². The third-order valence-corrected chi connectivity index (χ3v) is 1.77. The van der Waals surface area contributed by atoms with Gasteiger partial charge in [-0.15, -0.1) is 0 Å². The first-order valence-electron chi connectivity index (χ1n) is 4.21. The van der Waals surface area contributed by atoms with Crippen LogP contribution in [0, 0.1) is 0 Å². The summed E-state index contributed by atoms with van der Waals surface area (Å²) in [6.07, 6.45) is 0. The van der Waals surface area contributed by atoms with Crippen molar-refractivity contribution in [3.8, 4) is 0 Å². The van der Waals surface area contributed by atoms with Crippen molar-refractivity contribution in [1.82, 2.24) is 0 Å². The van der Waals surface area contributed by atoms with Gasteiger partial charge in [0.1, 0.15) is 12.8 Å². The van der Waals surface area contributed by atoms with Gasteiger partial charge in [0.25, 0.3) is 0 Å². The molecular weight excluding hydrogens is 178 g/mol. The average Bonchev–Trinajstić information content (AvgIpc) is 2.26. The second kappa shape index (κ2) is 5.01. The Hall–Kier alpha value is -1.84. The Kier molecular flexibility index (Phi) is 3.67. The molecule has 0 aromatic heterocycles. The van der Waals surface area contributed by atoms with E-state index >= 15 is 0 Å². The average molecular weight is 191 g/mol. The minimum absolute atomic E-state index is 0.637. The van der Waals surface area contributed by atoms with Gasteiger partial charge in [-0.25, -0.2) is 0 Å². The van der Waals surface area contributed by atoms with Gasteiger partial charge in [-0.1, -0.05) is 35.5 Å². The molecule has 0 aliphatic carbocycles. The fourth-order valence-electron chi connectivity index (χ4n) is 1.08. The van der Waals surface area contributed by atoms with Crippen molar-refractivity contribution >= 4 is 11.4 Å². The van der Waals surface area contributed by atoms with Crippen LogP contribution in [0.1, 0.15) is 12.5 Å². The molecule has 0 radical (unpaired) electrons. The van der Waals surface area contributed by atoms with Crippen LogP contribution in [0.2, 0.25) is 0 Å². The van der Waals surface area contributed by atoms with E-state index in [4.69, 9.17) is 10.7 Å². The van der Waals surface area contributed by atoms with E-state index in [2.05, 4.69) is 10.3 Å². The number of oxime groups is 1. The highest BCUT2D eigenvalue weighted by atomic mass is 16.6. The quantitative estimate of drug-likeness (QED) is 0.445. The first-order valence-corrected chi connectivity index (χ1v) is 4.21. The molecule has 0 bridgehead atoms. The maximum atomic E-state index is 5.19. The lowest BCUT2D eigenvalue weighted by atomic mass is 10.1. The first kappa shape index (κ1) is 10.2. The Balaban J connectivity index is 3.08.